The Balaban J connectivity index is 1.74. The minimum absolute atomic E-state index is 0.342. The molecule has 116 valence electrons. The molecule has 21 heavy (non-hydrogen) atoms. The molecule has 5 nitrogen and oxygen atoms in total. The summed E-state index contributed by atoms with van der Waals surface area (Å²) in [4.78, 5) is 5.69. The van der Waals surface area contributed by atoms with Crippen molar-refractivity contribution in [2.75, 3.05) is 24.6 Å². The van der Waals surface area contributed by atoms with Gasteiger partial charge in [-0.15, -0.1) is 0 Å². The summed E-state index contributed by atoms with van der Waals surface area (Å²) in [6.07, 6.45) is 3.41. The highest BCUT2D eigenvalue weighted by Gasteiger charge is 2.52. The molecule has 0 unspecified atom stereocenters. The summed E-state index contributed by atoms with van der Waals surface area (Å²) in [5.74, 6) is -0.342. The number of aromatic nitrogens is 1. The molecule has 2 N–H and O–H groups in total. The molecular formula is C15H21FN2O3. The highest BCUT2D eigenvalue weighted by Crippen LogP contribution is 2.40. The Bertz CT molecular complexity index is 515. The van der Waals surface area contributed by atoms with Crippen LogP contribution in [0, 0.1) is 5.82 Å². The molecule has 0 saturated carbocycles. The van der Waals surface area contributed by atoms with Gasteiger partial charge >= 0.3 is 0 Å². The van der Waals surface area contributed by atoms with Crippen LogP contribution >= 0.6 is 0 Å². The van der Waals surface area contributed by atoms with Gasteiger partial charge in [0.1, 0.15) is 11.7 Å². The topological polar surface area (TPSA) is 65.8 Å². The Morgan fingerprint density at radius 3 is 2.76 bits per heavy atom. The van der Waals surface area contributed by atoms with Crippen molar-refractivity contribution >= 4 is 5.69 Å². The second kappa shape index (κ2) is 5.19. The summed E-state index contributed by atoms with van der Waals surface area (Å²) in [7, 11) is 0. The van der Waals surface area contributed by atoms with Crippen LogP contribution in [-0.2, 0) is 4.74 Å². The van der Waals surface area contributed by atoms with E-state index in [1.54, 1.807) is 19.2 Å². The molecule has 2 saturated heterocycles. The Hall–Kier alpha value is -1.24. The first-order valence-corrected chi connectivity index (χ1v) is 7.33. The third kappa shape index (κ3) is 2.52. The van der Waals surface area contributed by atoms with Gasteiger partial charge in [0.05, 0.1) is 24.1 Å². The van der Waals surface area contributed by atoms with Crippen molar-refractivity contribution in [3.05, 3.63) is 24.3 Å². The lowest BCUT2D eigenvalue weighted by Crippen LogP contribution is -2.64. The number of anilines is 1. The van der Waals surface area contributed by atoms with Crippen molar-refractivity contribution in [3.8, 4) is 0 Å². The molecule has 6 heteroatoms. The molecule has 2 atom stereocenters. The summed E-state index contributed by atoms with van der Waals surface area (Å²) >= 11 is 0. The summed E-state index contributed by atoms with van der Waals surface area (Å²) in [6.45, 7) is 3.24. The van der Waals surface area contributed by atoms with Crippen molar-refractivity contribution in [2.45, 2.75) is 43.5 Å². The zero-order valence-corrected chi connectivity index (χ0v) is 12.1. The third-order valence-corrected chi connectivity index (χ3v) is 4.79. The summed E-state index contributed by atoms with van der Waals surface area (Å²) < 4.78 is 19.6. The summed E-state index contributed by atoms with van der Waals surface area (Å²) in [5.41, 5.74) is -1.32. The Kier molecular flexibility index (Phi) is 3.63. The SMILES string of the molecule is C[C@@]1(O)CCOC2(CCN(c3ccncc3F)CC2)[C@H]1O. The molecule has 1 aromatic heterocycles. The summed E-state index contributed by atoms with van der Waals surface area (Å²) in [5, 5.41) is 20.7. The lowest BCUT2D eigenvalue weighted by atomic mass is 9.75. The fourth-order valence-corrected chi connectivity index (χ4v) is 3.41. The van der Waals surface area contributed by atoms with Crippen LogP contribution in [-0.4, -0.2) is 52.2 Å². The fourth-order valence-electron chi connectivity index (χ4n) is 3.41. The molecule has 0 amide bonds. The molecule has 0 bridgehead atoms. The van der Waals surface area contributed by atoms with Gasteiger partial charge in [0.15, 0.2) is 5.82 Å². The number of aliphatic hydroxyl groups excluding tert-OH is 1. The molecule has 3 heterocycles. The van der Waals surface area contributed by atoms with Crippen LogP contribution in [0.2, 0.25) is 0 Å². The van der Waals surface area contributed by atoms with Crippen LogP contribution in [0.25, 0.3) is 0 Å². The number of pyridine rings is 1. The van der Waals surface area contributed by atoms with Crippen LogP contribution in [0.4, 0.5) is 10.1 Å². The van der Waals surface area contributed by atoms with Gasteiger partial charge in [0.25, 0.3) is 0 Å². The Morgan fingerprint density at radius 1 is 1.38 bits per heavy atom. The number of rotatable bonds is 1. The number of nitrogens with zero attached hydrogens (tertiary/aromatic N) is 2. The predicted molar refractivity (Wildman–Crippen MR) is 75.6 cm³/mol. The van der Waals surface area contributed by atoms with Crippen molar-refractivity contribution in [2.24, 2.45) is 0 Å². The third-order valence-electron chi connectivity index (χ3n) is 4.79. The van der Waals surface area contributed by atoms with Crippen LogP contribution in [0.15, 0.2) is 18.5 Å². The average molecular weight is 296 g/mol. The van der Waals surface area contributed by atoms with Crippen molar-refractivity contribution < 1.29 is 19.3 Å². The van der Waals surface area contributed by atoms with E-state index in [0.717, 1.165) is 0 Å². The van der Waals surface area contributed by atoms with E-state index >= 15 is 0 Å². The first-order valence-electron chi connectivity index (χ1n) is 7.33. The zero-order valence-electron chi connectivity index (χ0n) is 12.1. The minimum atomic E-state index is -1.12. The predicted octanol–water partition coefficient (Wildman–Crippen LogP) is 1.09. The van der Waals surface area contributed by atoms with E-state index in [2.05, 4.69) is 4.98 Å². The maximum absolute atomic E-state index is 13.8. The number of aliphatic hydroxyl groups is 2. The van der Waals surface area contributed by atoms with Crippen molar-refractivity contribution in [1.82, 2.24) is 4.98 Å². The van der Waals surface area contributed by atoms with Crippen LogP contribution in [0.3, 0.4) is 0 Å². The van der Waals surface area contributed by atoms with E-state index < -0.39 is 17.3 Å². The number of ether oxygens (including phenoxy) is 1. The first kappa shape index (κ1) is 14.7. The largest absolute Gasteiger partial charge is 0.387 e. The quantitative estimate of drug-likeness (QED) is 0.812. The molecule has 0 aliphatic carbocycles. The zero-order chi connectivity index (χ0) is 15.1. The second-order valence-corrected chi connectivity index (χ2v) is 6.24. The lowest BCUT2D eigenvalue weighted by molar-refractivity contribution is -0.239. The van der Waals surface area contributed by atoms with Gasteiger partial charge < -0.3 is 19.8 Å². The van der Waals surface area contributed by atoms with E-state index in [0.29, 0.717) is 44.6 Å². The van der Waals surface area contributed by atoms with Gasteiger partial charge in [-0.1, -0.05) is 0 Å². The van der Waals surface area contributed by atoms with E-state index in [9.17, 15) is 14.6 Å². The number of hydrogen-bond acceptors (Lipinski definition) is 5. The smallest absolute Gasteiger partial charge is 0.164 e. The number of hydrogen-bond donors (Lipinski definition) is 2. The molecule has 1 spiro atoms. The van der Waals surface area contributed by atoms with E-state index in [1.165, 1.54) is 6.20 Å². The molecular weight excluding hydrogens is 275 g/mol. The molecule has 3 rings (SSSR count). The minimum Gasteiger partial charge on any atom is -0.387 e. The van der Waals surface area contributed by atoms with Gasteiger partial charge in [-0.2, -0.15) is 0 Å². The normalized spacial score (nSPS) is 32.4. The maximum atomic E-state index is 13.8. The lowest BCUT2D eigenvalue weighted by Gasteiger charge is -2.52. The molecule has 2 aliphatic heterocycles. The molecule has 0 aromatic carbocycles. The van der Waals surface area contributed by atoms with Gasteiger partial charge in [-0.3, -0.25) is 4.98 Å². The highest BCUT2D eigenvalue weighted by atomic mass is 19.1. The Labute approximate surface area is 123 Å². The molecule has 1 aromatic rings. The van der Waals surface area contributed by atoms with Crippen molar-refractivity contribution in [3.63, 3.8) is 0 Å². The summed E-state index contributed by atoms with van der Waals surface area (Å²) in [6, 6.07) is 1.65. The first-order chi connectivity index (χ1) is 9.95. The van der Waals surface area contributed by atoms with Gasteiger partial charge in [0.2, 0.25) is 0 Å². The Morgan fingerprint density at radius 2 is 2.10 bits per heavy atom. The van der Waals surface area contributed by atoms with Crippen molar-refractivity contribution in [1.29, 1.82) is 0 Å². The van der Waals surface area contributed by atoms with Gasteiger partial charge in [-0.25, -0.2) is 4.39 Å². The average Bonchev–Trinajstić information content (AvgIpc) is 2.46. The van der Waals surface area contributed by atoms with E-state index in [1.807, 2.05) is 4.90 Å². The number of halogens is 1. The van der Waals surface area contributed by atoms with E-state index in [4.69, 9.17) is 4.74 Å². The maximum Gasteiger partial charge on any atom is 0.164 e. The standard InChI is InChI=1S/C15H21FN2O3/c1-14(20)5-9-21-15(13(14)19)3-7-18(8-4-15)12-2-6-17-10-11(12)16/h2,6,10,13,19-20H,3-5,7-9H2,1H3/t13-,14+/m0/s1. The molecule has 0 radical (unpaired) electrons. The van der Waals surface area contributed by atoms with Crippen LogP contribution < -0.4 is 4.90 Å². The van der Waals surface area contributed by atoms with Gasteiger partial charge in [-0.05, 0) is 25.8 Å². The van der Waals surface area contributed by atoms with Gasteiger partial charge in [0, 0.05) is 25.7 Å². The monoisotopic (exact) mass is 296 g/mol. The van der Waals surface area contributed by atoms with Crippen LogP contribution in [0.5, 0.6) is 0 Å². The van der Waals surface area contributed by atoms with E-state index in [-0.39, 0.29) is 5.82 Å². The number of piperidine rings is 1. The molecule has 2 fully saturated rings. The second-order valence-electron chi connectivity index (χ2n) is 6.24. The van der Waals surface area contributed by atoms with Crippen LogP contribution in [0.1, 0.15) is 26.2 Å². The molecule has 2 aliphatic rings. The highest BCUT2D eigenvalue weighted by molar-refractivity contribution is 5.46. The fraction of sp³-hybridized carbons (Fsp3) is 0.667.